The largest absolute Gasteiger partial charge is 0.331 e. The number of rotatable bonds is 4. The molecular formula is C16H18N4S. The lowest BCUT2D eigenvalue weighted by Gasteiger charge is -2.16. The van der Waals surface area contributed by atoms with Gasteiger partial charge in [0.25, 0.3) is 0 Å². The van der Waals surface area contributed by atoms with E-state index in [9.17, 15) is 0 Å². The standard InChI is InChI=1S/C16H18N4S/c1-11-6-4-7-12(2)15(11)18-16(21)20-19-13(3)14-8-5-9-17-10-14/h4-10,19H,3H2,1-2H3,(H2,18,20,21). The highest BCUT2D eigenvalue weighted by atomic mass is 32.1. The minimum absolute atomic E-state index is 0.484. The van der Waals surface area contributed by atoms with Crippen LogP contribution in [0.5, 0.6) is 0 Å². The summed E-state index contributed by atoms with van der Waals surface area (Å²) in [5.41, 5.74) is 10.8. The molecule has 0 aliphatic carbocycles. The monoisotopic (exact) mass is 298 g/mol. The average Bonchev–Trinajstić information content (AvgIpc) is 2.49. The predicted octanol–water partition coefficient (Wildman–Crippen LogP) is 3.16. The molecule has 1 heterocycles. The Labute approximate surface area is 130 Å². The first kappa shape index (κ1) is 15.0. The van der Waals surface area contributed by atoms with Gasteiger partial charge in [0.2, 0.25) is 0 Å². The number of pyridine rings is 1. The number of aromatic nitrogens is 1. The van der Waals surface area contributed by atoms with Crippen LogP contribution in [0.4, 0.5) is 5.69 Å². The van der Waals surface area contributed by atoms with Gasteiger partial charge in [0.1, 0.15) is 0 Å². The van der Waals surface area contributed by atoms with Crippen molar-refractivity contribution in [1.82, 2.24) is 15.8 Å². The molecule has 0 unspecified atom stereocenters. The summed E-state index contributed by atoms with van der Waals surface area (Å²) in [6.45, 7) is 8.02. The Kier molecular flexibility index (Phi) is 4.90. The number of benzene rings is 1. The van der Waals surface area contributed by atoms with Gasteiger partial charge in [-0.1, -0.05) is 24.8 Å². The lowest BCUT2D eigenvalue weighted by molar-refractivity contribution is 0.849. The Hall–Kier alpha value is -2.40. The maximum absolute atomic E-state index is 5.28. The lowest BCUT2D eigenvalue weighted by Crippen LogP contribution is -2.39. The number of aryl methyl sites for hydroxylation is 2. The zero-order valence-corrected chi connectivity index (χ0v) is 12.9. The quantitative estimate of drug-likeness (QED) is 0.598. The van der Waals surface area contributed by atoms with E-state index in [1.165, 1.54) is 0 Å². The molecule has 2 rings (SSSR count). The fourth-order valence-corrected chi connectivity index (χ4v) is 2.06. The zero-order valence-electron chi connectivity index (χ0n) is 12.1. The zero-order chi connectivity index (χ0) is 15.2. The SMILES string of the molecule is C=C(NNC(=S)Nc1c(C)cccc1C)c1cccnc1. The van der Waals surface area contributed by atoms with E-state index in [1.54, 1.807) is 12.4 Å². The summed E-state index contributed by atoms with van der Waals surface area (Å²) in [5.74, 6) is 0. The second-order valence-electron chi connectivity index (χ2n) is 4.69. The highest BCUT2D eigenvalue weighted by Gasteiger charge is 2.04. The molecule has 0 atom stereocenters. The molecule has 4 nitrogen and oxygen atoms in total. The van der Waals surface area contributed by atoms with Gasteiger partial charge in [-0.05, 0) is 49.3 Å². The van der Waals surface area contributed by atoms with Crippen molar-refractivity contribution in [3.05, 3.63) is 66.0 Å². The fourth-order valence-electron chi connectivity index (χ4n) is 1.90. The van der Waals surface area contributed by atoms with Gasteiger partial charge in [-0.3, -0.25) is 15.8 Å². The molecule has 1 aromatic carbocycles. The van der Waals surface area contributed by atoms with Crippen molar-refractivity contribution in [2.45, 2.75) is 13.8 Å². The molecule has 1 aromatic heterocycles. The van der Waals surface area contributed by atoms with Gasteiger partial charge in [-0.15, -0.1) is 0 Å². The maximum Gasteiger partial charge on any atom is 0.189 e. The highest BCUT2D eigenvalue weighted by Crippen LogP contribution is 2.19. The highest BCUT2D eigenvalue weighted by molar-refractivity contribution is 7.80. The van der Waals surface area contributed by atoms with Crippen LogP contribution in [0.1, 0.15) is 16.7 Å². The van der Waals surface area contributed by atoms with Gasteiger partial charge in [0.05, 0.1) is 5.70 Å². The van der Waals surface area contributed by atoms with Crippen molar-refractivity contribution < 1.29 is 0 Å². The van der Waals surface area contributed by atoms with Gasteiger partial charge >= 0.3 is 0 Å². The summed E-state index contributed by atoms with van der Waals surface area (Å²) in [5, 5.41) is 3.67. The van der Waals surface area contributed by atoms with Gasteiger partial charge in [0, 0.05) is 23.6 Å². The number of hydrogen-bond donors (Lipinski definition) is 3. The van der Waals surface area contributed by atoms with Crippen LogP contribution in [0.2, 0.25) is 0 Å². The Bertz CT molecular complexity index is 632. The third-order valence-corrected chi connectivity index (χ3v) is 3.26. The molecule has 0 radical (unpaired) electrons. The molecular weight excluding hydrogens is 280 g/mol. The molecule has 2 aromatic rings. The van der Waals surface area contributed by atoms with E-state index in [2.05, 4.69) is 27.7 Å². The lowest BCUT2D eigenvalue weighted by atomic mass is 10.1. The second-order valence-corrected chi connectivity index (χ2v) is 5.10. The Morgan fingerprint density at radius 2 is 1.81 bits per heavy atom. The van der Waals surface area contributed by atoms with Gasteiger partial charge in [-0.2, -0.15) is 0 Å². The van der Waals surface area contributed by atoms with Crippen LogP contribution in [0.3, 0.4) is 0 Å². The summed E-state index contributed by atoms with van der Waals surface area (Å²) in [7, 11) is 0. The van der Waals surface area contributed by atoms with E-state index >= 15 is 0 Å². The van der Waals surface area contributed by atoms with Crippen LogP contribution in [0.25, 0.3) is 5.70 Å². The normalized spacial score (nSPS) is 9.81. The molecule has 0 spiro atoms. The van der Waals surface area contributed by atoms with Crippen LogP contribution < -0.4 is 16.2 Å². The first-order chi connectivity index (χ1) is 10.1. The summed E-state index contributed by atoms with van der Waals surface area (Å²) in [6.07, 6.45) is 3.45. The van der Waals surface area contributed by atoms with Gasteiger partial charge < -0.3 is 5.32 Å². The van der Waals surface area contributed by atoms with E-state index in [1.807, 2.05) is 44.2 Å². The van der Waals surface area contributed by atoms with E-state index in [4.69, 9.17) is 12.2 Å². The van der Waals surface area contributed by atoms with Crippen LogP contribution in [-0.2, 0) is 0 Å². The first-order valence-electron chi connectivity index (χ1n) is 6.56. The van der Waals surface area contributed by atoms with Gasteiger partial charge in [0.15, 0.2) is 5.11 Å². The number of hydrazine groups is 1. The molecule has 0 saturated heterocycles. The first-order valence-corrected chi connectivity index (χ1v) is 6.97. The Morgan fingerprint density at radius 1 is 1.10 bits per heavy atom. The molecule has 0 aliphatic heterocycles. The van der Waals surface area contributed by atoms with Crippen LogP contribution in [0.15, 0.2) is 49.3 Å². The smallest absolute Gasteiger partial charge is 0.189 e. The molecule has 21 heavy (non-hydrogen) atoms. The second kappa shape index (κ2) is 6.85. The summed E-state index contributed by atoms with van der Waals surface area (Å²) in [6, 6.07) is 9.89. The number of hydrogen-bond acceptors (Lipinski definition) is 3. The average molecular weight is 298 g/mol. The molecule has 3 N–H and O–H groups in total. The van der Waals surface area contributed by atoms with Crippen LogP contribution in [0, 0.1) is 13.8 Å². The molecule has 0 amide bonds. The summed E-state index contributed by atoms with van der Waals surface area (Å²) >= 11 is 5.28. The van der Waals surface area contributed by atoms with Crippen molar-refractivity contribution in [3.63, 3.8) is 0 Å². The van der Waals surface area contributed by atoms with Crippen LogP contribution >= 0.6 is 12.2 Å². The maximum atomic E-state index is 5.28. The number of nitrogens with zero attached hydrogens (tertiary/aromatic N) is 1. The topological polar surface area (TPSA) is 49.0 Å². The van der Waals surface area contributed by atoms with E-state index in [-0.39, 0.29) is 0 Å². The minimum Gasteiger partial charge on any atom is -0.331 e. The molecule has 0 aliphatic rings. The molecule has 0 saturated carbocycles. The minimum atomic E-state index is 0.484. The third-order valence-electron chi connectivity index (χ3n) is 3.06. The van der Waals surface area contributed by atoms with E-state index in [0.29, 0.717) is 10.8 Å². The predicted molar refractivity (Wildman–Crippen MR) is 91.7 cm³/mol. The van der Waals surface area contributed by atoms with Crippen molar-refractivity contribution in [2.75, 3.05) is 5.32 Å². The Balaban J connectivity index is 1.92. The van der Waals surface area contributed by atoms with Gasteiger partial charge in [-0.25, -0.2) is 0 Å². The van der Waals surface area contributed by atoms with Crippen molar-refractivity contribution in [3.8, 4) is 0 Å². The van der Waals surface area contributed by atoms with E-state index in [0.717, 1.165) is 22.4 Å². The molecule has 108 valence electrons. The number of nitrogens with one attached hydrogen (secondary N) is 3. The van der Waals surface area contributed by atoms with Crippen molar-refractivity contribution in [2.24, 2.45) is 0 Å². The van der Waals surface area contributed by atoms with E-state index < -0.39 is 0 Å². The summed E-state index contributed by atoms with van der Waals surface area (Å²) in [4.78, 5) is 4.05. The molecule has 5 heteroatoms. The van der Waals surface area contributed by atoms with Crippen molar-refractivity contribution in [1.29, 1.82) is 0 Å². The number of thiocarbonyl (C=S) groups is 1. The number of anilines is 1. The Morgan fingerprint density at radius 3 is 2.43 bits per heavy atom. The molecule has 0 bridgehead atoms. The van der Waals surface area contributed by atoms with Crippen LogP contribution in [-0.4, -0.2) is 10.1 Å². The summed E-state index contributed by atoms with van der Waals surface area (Å²) < 4.78 is 0. The third kappa shape index (κ3) is 4.03. The van der Waals surface area contributed by atoms with Crippen molar-refractivity contribution >= 4 is 28.7 Å². The number of para-hydroxylation sites is 1. The molecule has 0 fully saturated rings. The fraction of sp³-hybridized carbons (Fsp3) is 0.125.